The van der Waals surface area contributed by atoms with Crippen molar-refractivity contribution >= 4 is 18.3 Å². The molecule has 0 radical (unpaired) electrons. The molecule has 6 nitrogen and oxygen atoms in total. The third-order valence-corrected chi connectivity index (χ3v) is 7.45. The summed E-state index contributed by atoms with van der Waals surface area (Å²) in [5.41, 5.74) is 4.62. The highest BCUT2D eigenvalue weighted by atomic mass is 35.5. The van der Waals surface area contributed by atoms with Crippen LogP contribution in [-0.4, -0.2) is 61.8 Å². The number of amides is 1. The highest BCUT2D eigenvalue weighted by Crippen LogP contribution is 2.35. The van der Waals surface area contributed by atoms with Crippen LogP contribution in [0.15, 0.2) is 30.3 Å². The molecule has 1 unspecified atom stereocenters. The second kappa shape index (κ2) is 11.5. The van der Waals surface area contributed by atoms with E-state index in [1.807, 2.05) is 18.2 Å². The van der Waals surface area contributed by atoms with Crippen LogP contribution in [0.25, 0.3) is 0 Å². The van der Waals surface area contributed by atoms with Gasteiger partial charge < -0.3 is 24.0 Å². The fourth-order valence-electron chi connectivity index (χ4n) is 5.41. The van der Waals surface area contributed by atoms with Crippen molar-refractivity contribution in [3.05, 3.63) is 52.6 Å². The first kappa shape index (κ1) is 25.6. The molecule has 3 heterocycles. The SMILES string of the molecule is Cc1cc2c(cc1C)C(=O)N(CC1CCCCN(CCCOc3ccc4c(c3)OCO4)C1)CC2.Cl. The summed E-state index contributed by atoms with van der Waals surface area (Å²) in [6.07, 6.45) is 5.62. The predicted octanol–water partition coefficient (Wildman–Crippen LogP) is 5.02. The van der Waals surface area contributed by atoms with Crippen LogP contribution in [-0.2, 0) is 6.42 Å². The van der Waals surface area contributed by atoms with Crippen molar-refractivity contribution in [1.29, 1.82) is 0 Å². The number of carbonyl (C=O) groups excluding carboxylic acids is 1. The number of ether oxygens (including phenoxy) is 3. The van der Waals surface area contributed by atoms with Gasteiger partial charge in [-0.25, -0.2) is 0 Å². The molecule has 0 spiro atoms. The van der Waals surface area contributed by atoms with Gasteiger partial charge in [0.1, 0.15) is 5.75 Å². The van der Waals surface area contributed by atoms with Crippen LogP contribution >= 0.6 is 12.4 Å². The Morgan fingerprint density at radius 1 is 1.03 bits per heavy atom. The van der Waals surface area contributed by atoms with Gasteiger partial charge in [0.05, 0.1) is 6.61 Å². The third kappa shape index (κ3) is 6.04. The van der Waals surface area contributed by atoms with Crippen molar-refractivity contribution in [2.75, 3.05) is 46.1 Å². The molecule has 0 N–H and O–H groups in total. The molecule has 35 heavy (non-hydrogen) atoms. The van der Waals surface area contributed by atoms with Crippen molar-refractivity contribution in [1.82, 2.24) is 9.80 Å². The van der Waals surface area contributed by atoms with Crippen LogP contribution in [0.3, 0.4) is 0 Å². The Labute approximate surface area is 214 Å². The van der Waals surface area contributed by atoms with E-state index in [2.05, 4.69) is 35.8 Å². The van der Waals surface area contributed by atoms with Gasteiger partial charge >= 0.3 is 0 Å². The smallest absolute Gasteiger partial charge is 0.254 e. The maximum atomic E-state index is 13.2. The van der Waals surface area contributed by atoms with Gasteiger partial charge in [-0.15, -0.1) is 12.4 Å². The average Bonchev–Trinajstić information content (AvgIpc) is 3.18. The lowest BCUT2D eigenvalue weighted by atomic mass is 9.93. The van der Waals surface area contributed by atoms with Crippen LogP contribution in [0.2, 0.25) is 0 Å². The molecule has 7 heteroatoms. The lowest BCUT2D eigenvalue weighted by Crippen LogP contribution is -2.43. The van der Waals surface area contributed by atoms with Gasteiger partial charge in [0.2, 0.25) is 6.79 Å². The molecular formula is C28H37ClN2O4. The molecule has 3 aliphatic rings. The van der Waals surface area contributed by atoms with Gasteiger partial charge in [0.25, 0.3) is 5.91 Å². The minimum absolute atomic E-state index is 0. The molecule has 3 aliphatic heterocycles. The summed E-state index contributed by atoms with van der Waals surface area (Å²) in [6, 6.07) is 10.0. The van der Waals surface area contributed by atoms with Crippen LogP contribution < -0.4 is 14.2 Å². The molecule has 5 rings (SSSR count). The largest absolute Gasteiger partial charge is 0.493 e. The first-order chi connectivity index (χ1) is 16.6. The molecule has 1 amide bonds. The van der Waals surface area contributed by atoms with Crippen LogP contribution in [0.4, 0.5) is 0 Å². The molecule has 1 atom stereocenters. The van der Waals surface area contributed by atoms with E-state index in [4.69, 9.17) is 14.2 Å². The monoisotopic (exact) mass is 500 g/mol. The van der Waals surface area contributed by atoms with E-state index in [0.29, 0.717) is 12.5 Å². The molecule has 0 aromatic heterocycles. The van der Waals surface area contributed by atoms with E-state index >= 15 is 0 Å². The maximum absolute atomic E-state index is 13.2. The molecule has 2 aromatic rings. The first-order valence-corrected chi connectivity index (χ1v) is 12.7. The molecule has 2 aromatic carbocycles. The standard InChI is InChI=1S/C28H36N2O4.ClH/c1-20-14-23-9-12-30(28(31)25(23)15-21(20)2)18-22-6-3-4-10-29(17-22)11-5-13-32-24-7-8-26-27(16-24)34-19-33-26;/h7-8,14-16,22H,3-6,9-13,17-19H2,1-2H3;1H. The maximum Gasteiger partial charge on any atom is 0.254 e. The van der Waals surface area contributed by atoms with Crippen molar-refractivity contribution in [2.24, 2.45) is 5.92 Å². The van der Waals surface area contributed by atoms with Crippen molar-refractivity contribution in [2.45, 2.75) is 46.0 Å². The lowest BCUT2D eigenvalue weighted by Gasteiger charge is -2.33. The van der Waals surface area contributed by atoms with E-state index < -0.39 is 0 Å². The first-order valence-electron chi connectivity index (χ1n) is 12.7. The van der Waals surface area contributed by atoms with Crippen molar-refractivity contribution in [3.8, 4) is 17.2 Å². The van der Waals surface area contributed by atoms with Gasteiger partial charge in [-0.05, 0) is 86.9 Å². The molecule has 0 saturated carbocycles. The Morgan fingerprint density at radius 3 is 2.74 bits per heavy atom. The van der Waals surface area contributed by atoms with E-state index in [-0.39, 0.29) is 25.1 Å². The Bertz CT molecular complexity index is 1040. The normalized spacial score (nSPS) is 19.7. The van der Waals surface area contributed by atoms with Crippen molar-refractivity contribution in [3.63, 3.8) is 0 Å². The van der Waals surface area contributed by atoms with E-state index in [9.17, 15) is 4.79 Å². The Hall–Kier alpha value is -2.44. The summed E-state index contributed by atoms with van der Waals surface area (Å²) in [5.74, 6) is 3.12. The number of likely N-dealkylation sites (tertiary alicyclic amines) is 1. The number of fused-ring (bicyclic) bond motifs is 2. The summed E-state index contributed by atoms with van der Waals surface area (Å²) in [4.78, 5) is 17.9. The van der Waals surface area contributed by atoms with Gasteiger partial charge in [0.15, 0.2) is 11.5 Å². The summed E-state index contributed by atoms with van der Waals surface area (Å²) < 4.78 is 16.7. The minimum Gasteiger partial charge on any atom is -0.493 e. The number of hydrogen-bond donors (Lipinski definition) is 0. The minimum atomic E-state index is 0. The zero-order valence-corrected chi connectivity index (χ0v) is 21.7. The molecule has 1 saturated heterocycles. The molecule has 190 valence electrons. The second-order valence-electron chi connectivity index (χ2n) is 9.97. The fraction of sp³-hybridized carbons (Fsp3) is 0.536. The molecular weight excluding hydrogens is 464 g/mol. The van der Waals surface area contributed by atoms with Crippen LogP contribution in [0.5, 0.6) is 17.2 Å². The highest BCUT2D eigenvalue weighted by molar-refractivity contribution is 5.97. The lowest BCUT2D eigenvalue weighted by molar-refractivity contribution is 0.0695. The fourth-order valence-corrected chi connectivity index (χ4v) is 5.41. The number of hydrogen-bond acceptors (Lipinski definition) is 5. The Kier molecular flexibility index (Phi) is 8.45. The summed E-state index contributed by atoms with van der Waals surface area (Å²) in [6.45, 7) is 10.1. The quantitative estimate of drug-likeness (QED) is 0.499. The van der Waals surface area contributed by atoms with Gasteiger partial charge in [-0.1, -0.05) is 12.5 Å². The molecule has 0 aliphatic carbocycles. The van der Waals surface area contributed by atoms with Gasteiger partial charge in [0, 0.05) is 37.8 Å². The number of rotatable bonds is 7. The molecule has 0 bridgehead atoms. The van der Waals surface area contributed by atoms with E-state index in [1.165, 1.54) is 36.0 Å². The second-order valence-corrected chi connectivity index (χ2v) is 9.97. The molecule has 1 fully saturated rings. The number of halogens is 1. The number of aryl methyl sites for hydroxylation is 2. The van der Waals surface area contributed by atoms with Crippen LogP contribution in [0, 0.1) is 19.8 Å². The number of carbonyl (C=O) groups is 1. The summed E-state index contributed by atoms with van der Waals surface area (Å²) in [7, 11) is 0. The topological polar surface area (TPSA) is 51.2 Å². The van der Waals surface area contributed by atoms with E-state index in [1.54, 1.807) is 0 Å². The number of benzene rings is 2. The van der Waals surface area contributed by atoms with E-state index in [0.717, 1.165) is 68.4 Å². The summed E-state index contributed by atoms with van der Waals surface area (Å²) in [5, 5.41) is 0. The Balaban J connectivity index is 0.00000289. The highest BCUT2D eigenvalue weighted by Gasteiger charge is 2.28. The Morgan fingerprint density at radius 2 is 1.86 bits per heavy atom. The summed E-state index contributed by atoms with van der Waals surface area (Å²) >= 11 is 0. The van der Waals surface area contributed by atoms with Crippen molar-refractivity contribution < 1.29 is 19.0 Å². The zero-order chi connectivity index (χ0) is 23.5. The third-order valence-electron chi connectivity index (χ3n) is 7.45. The number of nitrogens with zero attached hydrogens (tertiary/aromatic N) is 2. The average molecular weight is 501 g/mol. The zero-order valence-electron chi connectivity index (χ0n) is 20.9. The van der Waals surface area contributed by atoms with Gasteiger partial charge in [-0.3, -0.25) is 4.79 Å². The van der Waals surface area contributed by atoms with Crippen LogP contribution in [0.1, 0.15) is 52.7 Å². The van der Waals surface area contributed by atoms with Gasteiger partial charge in [-0.2, -0.15) is 0 Å². The predicted molar refractivity (Wildman–Crippen MR) is 139 cm³/mol.